The van der Waals surface area contributed by atoms with Crippen LogP contribution in [0, 0.1) is 11.7 Å². The van der Waals surface area contributed by atoms with Crippen molar-refractivity contribution in [2.45, 2.75) is 38.3 Å². The molecule has 1 aromatic heterocycles. The molecule has 0 bridgehead atoms. The highest BCUT2D eigenvalue weighted by Gasteiger charge is 2.34. The predicted octanol–water partition coefficient (Wildman–Crippen LogP) is 4.54. The minimum absolute atomic E-state index is 0.255. The van der Waals surface area contributed by atoms with Crippen LogP contribution in [0.4, 0.5) is 10.2 Å². The smallest absolute Gasteiger partial charge is 0.204 e. The van der Waals surface area contributed by atoms with E-state index in [0.29, 0.717) is 12.0 Å². The summed E-state index contributed by atoms with van der Waals surface area (Å²) in [5.74, 6) is 1.96. The number of rotatable bonds is 6. The van der Waals surface area contributed by atoms with Gasteiger partial charge in [-0.15, -0.1) is 0 Å². The van der Waals surface area contributed by atoms with Crippen LogP contribution in [0.25, 0.3) is 11.0 Å². The van der Waals surface area contributed by atoms with Gasteiger partial charge in [-0.25, -0.2) is 4.39 Å². The Morgan fingerprint density at radius 1 is 1.00 bits per heavy atom. The van der Waals surface area contributed by atoms with Crippen molar-refractivity contribution in [2.75, 3.05) is 50.8 Å². The zero-order valence-corrected chi connectivity index (χ0v) is 19.7. The lowest BCUT2D eigenvalue weighted by molar-refractivity contribution is 0.0726. The second-order valence-electron chi connectivity index (χ2n) is 10.1. The third-order valence-electron chi connectivity index (χ3n) is 7.73. The molecule has 6 nitrogen and oxygen atoms in total. The van der Waals surface area contributed by atoms with E-state index in [1.165, 1.54) is 37.6 Å². The second kappa shape index (κ2) is 9.55. The van der Waals surface area contributed by atoms with Crippen molar-refractivity contribution in [1.82, 2.24) is 15.0 Å². The molecule has 6 rings (SSSR count). The van der Waals surface area contributed by atoms with Crippen LogP contribution in [-0.2, 0) is 6.54 Å². The third kappa shape index (κ3) is 4.51. The monoisotopic (exact) mass is 464 g/mol. The number of halogens is 1. The highest BCUT2D eigenvalue weighted by Crippen LogP contribution is 2.32. The Bertz CT molecular complexity index is 1130. The molecule has 0 spiro atoms. The van der Waals surface area contributed by atoms with Crippen LogP contribution in [0.1, 0.15) is 31.2 Å². The molecule has 0 N–H and O–H groups in total. The lowest BCUT2D eigenvalue weighted by Crippen LogP contribution is -2.57. The van der Waals surface area contributed by atoms with Gasteiger partial charge in [0.25, 0.3) is 0 Å². The molecule has 2 aromatic carbocycles. The second-order valence-corrected chi connectivity index (χ2v) is 10.1. The topological polar surface area (TPSA) is 45.0 Å². The van der Waals surface area contributed by atoms with Crippen molar-refractivity contribution >= 4 is 16.8 Å². The molecule has 3 aliphatic rings. The number of fused-ring (bicyclic) bond motifs is 2. The summed E-state index contributed by atoms with van der Waals surface area (Å²) < 4.78 is 25.6. The number of anilines is 1. The van der Waals surface area contributed by atoms with Crippen LogP contribution >= 0.6 is 0 Å². The maximum atomic E-state index is 14.0. The van der Waals surface area contributed by atoms with Gasteiger partial charge in [0.2, 0.25) is 5.58 Å². The van der Waals surface area contributed by atoms with Crippen LogP contribution in [0.15, 0.2) is 47.0 Å². The number of nitrogens with zero attached hydrogens (tertiary/aromatic N) is 4. The van der Waals surface area contributed by atoms with Gasteiger partial charge >= 0.3 is 0 Å². The van der Waals surface area contributed by atoms with Crippen molar-refractivity contribution in [3.63, 3.8) is 0 Å². The first-order chi connectivity index (χ1) is 16.7. The third-order valence-corrected chi connectivity index (χ3v) is 7.73. The lowest BCUT2D eigenvalue weighted by atomic mass is 9.91. The molecule has 4 heterocycles. The van der Waals surface area contributed by atoms with Gasteiger partial charge in [-0.05, 0) is 68.6 Å². The molecule has 0 aliphatic carbocycles. The van der Waals surface area contributed by atoms with E-state index >= 15 is 0 Å². The normalized spacial score (nSPS) is 24.0. The summed E-state index contributed by atoms with van der Waals surface area (Å²) >= 11 is 0. The summed E-state index contributed by atoms with van der Waals surface area (Å²) in [4.78, 5) is 7.38. The molecular weight excluding hydrogens is 431 g/mol. The first-order valence-corrected chi connectivity index (χ1v) is 12.7. The number of benzene rings is 2. The zero-order valence-electron chi connectivity index (χ0n) is 19.7. The molecule has 0 radical (unpaired) electrons. The van der Waals surface area contributed by atoms with Gasteiger partial charge in [0.05, 0.1) is 12.0 Å². The number of para-hydroxylation sites is 1. The first-order valence-electron chi connectivity index (χ1n) is 12.7. The zero-order chi connectivity index (χ0) is 22.9. The molecule has 34 heavy (non-hydrogen) atoms. The molecule has 0 amide bonds. The Hall–Kier alpha value is -2.64. The quantitative estimate of drug-likeness (QED) is 0.534. The number of ether oxygens (including phenoxy) is 1. The van der Waals surface area contributed by atoms with Crippen LogP contribution in [0.5, 0.6) is 5.75 Å². The van der Waals surface area contributed by atoms with E-state index in [4.69, 9.17) is 9.26 Å². The van der Waals surface area contributed by atoms with Gasteiger partial charge in [0.15, 0.2) is 11.6 Å². The maximum Gasteiger partial charge on any atom is 0.204 e. The SMILES string of the molecule is Fc1cccc2c(N3CCN4C[C@@H](COc5cccc(CN6CCCC6)c5)CC[C@H]4C3)noc12. The number of piperidine rings is 1. The standard InChI is InChI=1S/C27H33FN4O2/c28-25-8-4-7-24-26(25)34-29-27(24)32-14-13-31-17-21(9-10-22(31)18-32)19-33-23-6-3-5-20(15-23)16-30-11-1-2-12-30/h3-8,15,21-22H,1-2,9-14,16-19H2/t21-,22-/m0/s1. The molecule has 3 aromatic rings. The van der Waals surface area contributed by atoms with E-state index in [9.17, 15) is 4.39 Å². The molecule has 180 valence electrons. The van der Waals surface area contributed by atoms with E-state index in [1.54, 1.807) is 6.07 Å². The predicted molar refractivity (Wildman–Crippen MR) is 131 cm³/mol. The van der Waals surface area contributed by atoms with Crippen molar-refractivity contribution in [3.05, 3.63) is 53.8 Å². The van der Waals surface area contributed by atoms with Crippen LogP contribution in [0.3, 0.4) is 0 Å². The molecule has 7 heteroatoms. The van der Waals surface area contributed by atoms with Gasteiger partial charge in [-0.1, -0.05) is 23.4 Å². The number of piperazine rings is 1. The molecule has 0 unspecified atom stereocenters. The van der Waals surface area contributed by atoms with E-state index in [0.717, 1.165) is 69.1 Å². The average molecular weight is 465 g/mol. The minimum Gasteiger partial charge on any atom is -0.493 e. The van der Waals surface area contributed by atoms with E-state index in [2.05, 4.69) is 44.1 Å². The van der Waals surface area contributed by atoms with Gasteiger partial charge in [0.1, 0.15) is 5.75 Å². The van der Waals surface area contributed by atoms with Gasteiger partial charge in [-0.3, -0.25) is 9.80 Å². The van der Waals surface area contributed by atoms with Crippen molar-refractivity contribution in [3.8, 4) is 5.75 Å². The first kappa shape index (κ1) is 21.9. The Labute approximate surface area is 200 Å². The van der Waals surface area contributed by atoms with Crippen molar-refractivity contribution in [2.24, 2.45) is 5.92 Å². The highest BCUT2D eigenvalue weighted by molar-refractivity contribution is 5.88. The van der Waals surface area contributed by atoms with Crippen LogP contribution in [-0.4, -0.2) is 66.9 Å². The number of hydrogen-bond donors (Lipinski definition) is 0. The van der Waals surface area contributed by atoms with Crippen molar-refractivity contribution in [1.29, 1.82) is 0 Å². The Kier molecular flexibility index (Phi) is 6.14. The number of likely N-dealkylation sites (tertiary alicyclic amines) is 1. The molecule has 3 fully saturated rings. The number of hydrogen-bond acceptors (Lipinski definition) is 6. The molecular formula is C27H33FN4O2. The Morgan fingerprint density at radius 2 is 1.88 bits per heavy atom. The van der Waals surface area contributed by atoms with E-state index < -0.39 is 0 Å². The fourth-order valence-electron chi connectivity index (χ4n) is 5.88. The van der Waals surface area contributed by atoms with Gasteiger partial charge < -0.3 is 14.2 Å². The summed E-state index contributed by atoms with van der Waals surface area (Å²) in [7, 11) is 0. The summed E-state index contributed by atoms with van der Waals surface area (Å²) in [5, 5.41) is 4.97. The molecule has 0 saturated carbocycles. The van der Waals surface area contributed by atoms with E-state index in [-0.39, 0.29) is 11.4 Å². The summed E-state index contributed by atoms with van der Waals surface area (Å²) in [6, 6.07) is 14.2. The van der Waals surface area contributed by atoms with Gasteiger partial charge in [-0.2, -0.15) is 0 Å². The highest BCUT2D eigenvalue weighted by atomic mass is 19.1. The maximum absolute atomic E-state index is 14.0. The Morgan fingerprint density at radius 3 is 2.79 bits per heavy atom. The summed E-state index contributed by atoms with van der Waals surface area (Å²) in [6.07, 6.45) is 4.95. The van der Waals surface area contributed by atoms with Crippen molar-refractivity contribution < 1.29 is 13.7 Å². The fraction of sp³-hybridized carbons (Fsp3) is 0.519. The fourth-order valence-corrected chi connectivity index (χ4v) is 5.88. The average Bonchev–Trinajstić information content (AvgIpc) is 3.53. The summed E-state index contributed by atoms with van der Waals surface area (Å²) in [5.41, 5.74) is 1.60. The van der Waals surface area contributed by atoms with Gasteiger partial charge in [0, 0.05) is 44.7 Å². The summed E-state index contributed by atoms with van der Waals surface area (Å²) in [6.45, 7) is 8.06. The molecule has 3 aliphatic heterocycles. The largest absolute Gasteiger partial charge is 0.493 e. The molecule has 2 atom stereocenters. The van der Waals surface area contributed by atoms with E-state index in [1.807, 2.05) is 6.07 Å². The Balaban J connectivity index is 1.03. The van der Waals surface area contributed by atoms with Crippen LogP contribution < -0.4 is 9.64 Å². The minimum atomic E-state index is -0.350. The molecule has 3 saturated heterocycles. The van der Waals surface area contributed by atoms with Crippen LogP contribution in [0.2, 0.25) is 0 Å². The lowest BCUT2D eigenvalue weighted by Gasteiger charge is -2.46. The number of aromatic nitrogens is 1.